The third kappa shape index (κ3) is 2.92. The molecule has 0 radical (unpaired) electrons. The van der Waals surface area contributed by atoms with Gasteiger partial charge in [-0.25, -0.2) is 4.98 Å². The topological polar surface area (TPSA) is 56.8 Å². The molecule has 1 aromatic carbocycles. The number of nitrogens with one attached hydrogen (secondary N) is 2. The van der Waals surface area contributed by atoms with Crippen molar-refractivity contribution in [1.29, 1.82) is 0 Å². The first-order valence-electron chi connectivity index (χ1n) is 9.75. The second-order valence-corrected chi connectivity index (χ2v) is 7.08. The van der Waals surface area contributed by atoms with Gasteiger partial charge in [-0.15, -0.1) is 0 Å². The number of aryl methyl sites for hydroxylation is 2. The summed E-state index contributed by atoms with van der Waals surface area (Å²) in [6.07, 6.45) is 5.70. The van der Waals surface area contributed by atoms with Crippen LogP contribution < -0.4 is 5.32 Å². The van der Waals surface area contributed by atoms with Crippen molar-refractivity contribution in [3.63, 3.8) is 0 Å². The van der Waals surface area contributed by atoms with Crippen LogP contribution in [0.25, 0.3) is 32.6 Å². The molecular weight excluding hydrogens is 334 g/mol. The molecule has 0 bridgehead atoms. The summed E-state index contributed by atoms with van der Waals surface area (Å²) in [6.45, 7) is 12.8. The van der Waals surface area contributed by atoms with Gasteiger partial charge in [0.2, 0.25) is 0 Å². The number of fused-ring (bicyclic) bond motifs is 4. The van der Waals surface area contributed by atoms with Crippen molar-refractivity contribution in [3.05, 3.63) is 41.9 Å². The summed E-state index contributed by atoms with van der Waals surface area (Å²) < 4.78 is 0. The van der Waals surface area contributed by atoms with Gasteiger partial charge < -0.3 is 15.2 Å². The zero-order chi connectivity index (χ0) is 19.0. The van der Waals surface area contributed by atoms with E-state index in [0.29, 0.717) is 0 Å². The Morgan fingerprint density at radius 1 is 1.00 bits per heavy atom. The van der Waals surface area contributed by atoms with Crippen LogP contribution in [-0.2, 0) is 0 Å². The predicted octanol–water partition coefficient (Wildman–Crippen LogP) is 4.63. The molecule has 3 aromatic heterocycles. The lowest BCUT2D eigenvalue weighted by molar-refractivity contribution is 0.316. The van der Waals surface area contributed by atoms with E-state index in [4.69, 9.17) is 0 Å². The zero-order valence-corrected chi connectivity index (χ0v) is 16.6. The number of likely N-dealkylation sites (N-methyl/N-ethyl adjacent to an activating group) is 1. The fourth-order valence-electron chi connectivity index (χ4n) is 4.13. The van der Waals surface area contributed by atoms with Crippen LogP contribution in [0, 0.1) is 13.8 Å². The number of benzene rings is 1. The molecule has 0 aliphatic rings. The minimum atomic E-state index is 0.889. The fourth-order valence-corrected chi connectivity index (χ4v) is 4.13. The summed E-state index contributed by atoms with van der Waals surface area (Å²) in [7, 11) is 0. The number of hydrogen-bond acceptors (Lipinski definition) is 4. The maximum Gasteiger partial charge on any atom is 0.134 e. The van der Waals surface area contributed by atoms with Gasteiger partial charge in [-0.1, -0.05) is 13.8 Å². The summed E-state index contributed by atoms with van der Waals surface area (Å²) in [5.41, 5.74) is 4.84. The smallest absolute Gasteiger partial charge is 0.134 e. The Labute approximate surface area is 159 Å². The normalized spacial score (nSPS) is 11.9. The summed E-state index contributed by atoms with van der Waals surface area (Å²) in [5.74, 6) is 0.973. The van der Waals surface area contributed by atoms with Gasteiger partial charge in [0, 0.05) is 53.4 Å². The monoisotopic (exact) mass is 361 g/mol. The molecule has 4 aromatic rings. The van der Waals surface area contributed by atoms with Gasteiger partial charge in [-0.3, -0.25) is 4.98 Å². The molecule has 0 unspecified atom stereocenters. The van der Waals surface area contributed by atoms with Crippen molar-refractivity contribution in [1.82, 2.24) is 19.9 Å². The van der Waals surface area contributed by atoms with Crippen molar-refractivity contribution < 1.29 is 0 Å². The first kappa shape index (κ1) is 17.7. The highest BCUT2D eigenvalue weighted by atomic mass is 15.1. The lowest BCUT2D eigenvalue weighted by atomic mass is 9.96. The van der Waals surface area contributed by atoms with Gasteiger partial charge in [0.25, 0.3) is 0 Å². The standard InChI is InChI=1S/C22H27N5/c1-5-27(6-2)12-11-25-22-20-15(4)19-17-13-23-9-8-18(17)26-21(19)14(3)16(20)7-10-24-22/h7-10,13,26H,5-6,11-12H2,1-4H3,(H,24,25). The molecule has 0 aliphatic carbocycles. The fraction of sp³-hybridized carbons (Fsp3) is 0.364. The van der Waals surface area contributed by atoms with Crippen LogP contribution in [0.4, 0.5) is 5.82 Å². The molecule has 0 fully saturated rings. The van der Waals surface area contributed by atoms with Crippen LogP contribution in [0.2, 0.25) is 0 Å². The van der Waals surface area contributed by atoms with Crippen LogP contribution in [0.1, 0.15) is 25.0 Å². The molecule has 27 heavy (non-hydrogen) atoms. The lowest BCUT2D eigenvalue weighted by Crippen LogP contribution is -2.28. The van der Waals surface area contributed by atoms with E-state index in [9.17, 15) is 0 Å². The van der Waals surface area contributed by atoms with Gasteiger partial charge >= 0.3 is 0 Å². The van der Waals surface area contributed by atoms with Crippen molar-refractivity contribution in [2.75, 3.05) is 31.5 Å². The number of hydrogen-bond donors (Lipinski definition) is 2. The quantitative estimate of drug-likeness (QED) is 0.525. The van der Waals surface area contributed by atoms with E-state index in [-0.39, 0.29) is 0 Å². The van der Waals surface area contributed by atoms with E-state index in [0.717, 1.165) is 37.5 Å². The average Bonchev–Trinajstić information content (AvgIpc) is 3.09. The van der Waals surface area contributed by atoms with Crippen molar-refractivity contribution in [2.24, 2.45) is 0 Å². The lowest BCUT2D eigenvalue weighted by Gasteiger charge is -2.19. The Morgan fingerprint density at radius 2 is 1.81 bits per heavy atom. The molecule has 140 valence electrons. The van der Waals surface area contributed by atoms with Crippen molar-refractivity contribution in [2.45, 2.75) is 27.7 Å². The molecule has 0 atom stereocenters. The Kier molecular flexibility index (Phi) is 4.70. The summed E-state index contributed by atoms with van der Waals surface area (Å²) in [4.78, 5) is 15.0. The summed E-state index contributed by atoms with van der Waals surface area (Å²) in [5, 5.41) is 8.47. The van der Waals surface area contributed by atoms with Crippen molar-refractivity contribution >= 4 is 38.4 Å². The molecule has 2 N–H and O–H groups in total. The highest BCUT2D eigenvalue weighted by Crippen LogP contribution is 2.38. The van der Waals surface area contributed by atoms with Crippen LogP contribution in [-0.4, -0.2) is 46.0 Å². The van der Waals surface area contributed by atoms with Gasteiger partial charge in [-0.05, 0) is 55.6 Å². The largest absolute Gasteiger partial charge is 0.368 e. The Bertz CT molecular complexity index is 1110. The van der Waals surface area contributed by atoms with E-state index in [1.165, 1.54) is 38.2 Å². The highest BCUT2D eigenvalue weighted by Gasteiger charge is 2.16. The number of H-pyrrole nitrogens is 1. The maximum absolute atomic E-state index is 4.67. The zero-order valence-electron chi connectivity index (χ0n) is 16.6. The Balaban J connectivity index is 1.86. The SMILES string of the molecule is CCN(CC)CCNc1nccc2c(C)c3[nH]c4ccncc4c3c(C)c12. The maximum atomic E-state index is 4.67. The Morgan fingerprint density at radius 3 is 2.59 bits per heavy atom. The van der Waals surface area contributed by atoms with E-state index >= 15 is 0 Å². The summed E-state index contributed by atoms with van der Waals surface area (Å²) >= 11 is 0. The second-order valence-electron chi connectivity index (χ2n) is 7.08. The van der Waals surface area contributed by atoms with E-state index in [1.807, 2.05) is 24.7 Å². The molecule has 0 saturated heterocycles. The molecule has 5 heteroatoms. The molecule has 0 spiro atoms. The predicted molar refractivity (Wildman–Crippen MR) is 115 cm³/mol. The van der Waals surface area contributed by atoms with Crippen molar-refractivity contribution in [3.8, 4) is 0 Å². The Hall–Kier alpha value is -2.66. The van der Waals surface area contributed by atoms with E-state index < -0.39 is 0 Å². The third-order valence-corrected chi connectivity index (χ3v) is 5.69. The molecule has 0 saturated carbocycles. The van der Waals surface area contributed by atoms with Gasteiger partial charge in [0.1, 0.15) is 5.82 Å². The number of aromatic nitrogens is 3. The minimum Gasteiger partial charge on any atom is -0.368 e. The molecule has 5 nitrogen and oxygen atoms in total. The van der Waals surface area contributed by atoms with Crippen LogP contribution in [0.3, 0.4) is 0 Å². The van der Waals surface area contributed by atoms with Crippen LogP contribution in [0.5, 0.6) is 0 Å². The van der Waals surface area contributed by atoms with Crippen LogP contribution in [0.15, 0.2) is 30.7 Å². The highest BCUT2D eigenvalue weighted by molar-refractivity contribution is 6.17. The number of nitrogens with zero attached hydrogens (tertiary/aromatic N) is 3. The molecular formula is C22H27N5. The molecule has 0 aliphatic heterocycles. The number of anilines is 1. The summed E-state index contributed by atoms with van der Waals surface area (Å²) in [6, 6.07) is 4.16. The number of rotatable bonds is 6. The first-order chi connectivity index (χ1) is 13.2. The molecule has 0 amide bonds. The first-order valence-corrected chi connectivity index (χ1v) is 9.75. The molecule has 4 rings (SSSR count). The van der Waals surface area contributed by atoms with Gasteiger partial charge in [-0.2, -0.15) is 0 Å². The minimum absolute atomic E-state index is 0.889. The molecule has 3 heterocycles. The average molecular weight is 361 g/mol. The van der Waals surface area contributed by atoms with E-state index in [2.05, 4.69) is 58.9 Å². The number of aromatic amines is 1. The van der Waals surface area contributed by atoms with Gasteiger partial charge in [0.15, 0.2) is 0 Å². The second kappa shape index (κ2) is 7.16. The van der Waals surface area contributed by atoms with Gasteiger partial charge in [0.05, 0.1) is 5.52 Å². The van der Waals surface area contributed by atoms with E-state index in [1.54, 1.807) is 0 Å². The number of pyridine rings is 2. The third-order valence-electron chi connectivity index (χ3n) is 5.69. The van der Waals surface area contributed by atoms with Crippen LogP contribution >= 0.6 is 0 Å².